The molecule has 0 bridgehead atoms. The lowest BCUT2D eigenvalue weighted by molar-refractivity contribution is 0.0103. The van der Waals surface area contributed by atoms with E-state index in [4.69, 9.17) is 33.2 Å². The minimum Gasteiger partial charge on any atom is -0.448 e. The standard InChI is InChI=1S/C13H7Cl2F2N3O2/c1-13(16,17)11-10(12(21)20-5-19-11)22-8-3-7(14)2-6(4-18)9(8)15/h2-3,5H,1H3,(H,19,20,21). The maximum atomic E-state index is 13.5. The summed E-state index contributed by atoms with van der Waals surface area (Å²) in [4.78, 5) is 17.3. The van der Waals surface area contributed by atoms with Gasteiger partial charge >= 0.3 is 0 Å². The van der Waals surface area contributed by atoms with E-state index < -0.39 is 22.9 Å². The highest BCUT2D eigenvalue weighted by Crippen LogP contribution is 2.37. The fraction of sp³-hybridized carbons (Fsp3) is 0.154. The second kappa shape index (κ2) is 5.91. The Bertz CT molecular complexity index is 826. The van der Waals surface area contributed by atoms with Gasteiger partial charge in [-0.2, -0.15) is 14.0 Å². The van der Waals surface area contributed by atoms with Crippen molar-refractivity contribution < 1.29 is 13.5 Å². The quantitative estimate of drug-likeness (QED) is 0.916. The Morgan fingerprint density at radius 2 is 2.09 bits per heavy atom. The Kier molecular flexibility index (Phi) is 4.35. The molecule has 1 aromatic heterocycles. The van der Waals surface area contributed by atoms with Gasteiger partial charge in [-0.1, -0.05) is 23.2 Å². The third kappa shape index (κ3) is 3.18. The maximum absolute atomic E-state index is 13.5. The maximum Gasteiger partial charge on any atom is 0.294 e. The Morgan fingerprint density at radius 3 is 2.68 bits per heavy atom. The van der Waals surface area contributed by atoms with Gasteiger partial charge in [-0.3, -0.25) is 4.79 Å². The van der Waals surface area contributed by atoms with E-state index in [9.17, 15) is 13.6 Å². The molecule has 9 heteroatoms. The van der Waals surface area contributed by atoms with Crippen LogP contribution in [-0.4, -0.2) is 9.97 Å². The third-order valence-electron chi connectivity index (χ3n) is 2.56. The first kappa shape index (κ1) is 16.2. The van der Waals surface area contributed by atoms with Crippen molar-refractivity contribution >= 4 is 23.2 Å². The summed E-state index contributed by atoms with van der Waals surface area (Å²) in [6.45, 7) is 0.571. The highest BCUT2D eigenvalue weighted by atomic mass is 35.5. The van der Waals surface area contributed by atoms with Crippen LogP contribution in [0.15, 0.2) is 23.3 Å². The molecule has 5 nitrogen and oxygen atoms in total. The molecule has 1 heterocycles. The molecule has 0 fully saturated rings. The van der Waals surface area contributed by atoms with Crippen LogP contribution in [0.3, 0.4) is 0 Å². The van der Waals surface area contributed by atoms with Crippen molar-refractivity contribution in [1.82, 2.24) is 9.97 Å². The molecule has 0 amide bonds. The van der Waals surface area contributed by atoms with Gasteiger partial charge in [-0.25, -0.2) is 4.98 Å². The number of aromatic amines is 1. The Hall–Kier alpha value is -2.17. The summed E-state index contributed by atoms with van der Waals surface area (Å²) >= 11 is 11.7. The van der Waals surface area contributed by atoms with Crippen molar-refractivity contribution in [3.05, 3.63) is 50.1 Å². The zero-order valence-electron chi connectivity index (χ0n) is 11.0. The number of nitrogens with one attached hydrogen (secondary N) is 1. The molecule has 2 rings (SSSR count). The summed E-state index contributed by atoms with van der Waals surface area (Å²) in [7, 11) is 0. The second-order valence-corrected chi connectivity index (χ2v) is 5.09. The smallest absolute Gasteiger partial charge is 0.294 e. The van der Waals surface area contributed by atoms with Crippen LogP contribution in [0, 0.1) is 11.3 Å². The molecule has 1 N–H and O–H groups in total. The molecular weight excluding hydrogens is 339 g/mol. The fourth-order valence-corrected chi connectivity index (χ4v) is 2.02. The number of benzene rings is 1. The minimum absolute atomic E-state index is 0.0192. The van der Waals surface area contributed by atoms with Crippen molar-refractivity contribution in [3.8, 4) is 17.6 Å². The number of aromatic nitrogens is 2. The molecule has 0 unspecified atom stereocenters. The van der Waals surface area contributed by atoms with Gasteiger partial charge in [-0.05, 0) is 6.07 Å². The summed E-state index contributed by atoms with van der Waals surface area (Å²) in [5, 5.41) is 8.87. The molecule has 0 radical (unpaired) electrons. The summed E-state index contributed by atoms with van der Waals surface area (Å²) < 4.78 is 32.2. The number of nitriles is 1. The summed E-state index contributed by atoms with van der Waals surface area (Å²) in [5.74, 6) is -4.33. The number of rotatable bonds is 3. The highest BCUT2D eigenvalue weighted by Gasteiger charge is 2.33. The first-order valence-electron chi connectivity index (χ1n) is 5.77. The van der Waals surface area contributed by atoms with E-state index in [2.05, 4.69) is 9.97 Å². The van der Waals surface area contributed by atoms with Crippen molar-refractivity contribution in [2.75, 3.05) is 0 Å². The molecule has 0 aliphatic carbocycles. The van der Waals surface area contributed by atoms with Crippen molar-refractivity contribution in [1.29, 1.82) is 5.26 Å². The predicted octanol–water partition coefficient (Wildman–Crippen LogP) is 3.85. The summed E-state index contributed by atoms with van der Waals surface area (Å²) in [6, 6.07) is 4.26. The van der Waals surface area contributed by atoms with Gasteiger partial charge < -0.3 is 9.72 Å². The first-order chi connectivity index (χ1) is 10.2. The molecule has 0 saturated heterocycles. The van der Waals surface area contributed by atoms with Crippen molar-refractivity contribution in [2.24, 2.45) is 0 Å². The summed E-state index contributed by atoms with van der Waals surface area (Å²) in [6.07, 6.45) is 0.836. The molecule has 0 aliphatic rings. The normalized spacial score (nSPS) is 11.1. The zero-order valence-corrected chi connectivity index (χ0v) is 12.5. The molecular formula is C13H7Cl2F2N3O2. The lowest BCUT2D eigenvalue weighted by Crippen LogP contribution is -2.19. The van der Waals surface area contributed by atoms with Gasteiger partial charge in [-0.15, -0.1) is 0 Å². The largest absolute Gasteiger partial charge is 0.448 e. The van der Waals surface area contributed by atoms with Crippen molar-refractivity contribution in [2.45, 2.75) is 12.8 Å². The highest BCUT2D eigenvalue weighted by molar-refractivity contribution is 6.35. The molecule has 0 aliphatic heterocycles. The van der Waals surface area contributed by atoms with Gasteiger partial charge in [0.1, 0.15) is 16.8 Å². The average Bonchev–Trinajstić information content (AvgIpc) is 2.43. The number of halogens is 4. The molecule has 0 atom stereocenters. The van der Waals surface area contributed by atoms with Gasteiger partial charge in [0.25, 0.3) is 11.5 Å². The lowest BCUT2D eigenvalue weighted by Gasteiger charge is -2.15. The number of nitrogens with zero attached hydrogens (tertiary/aromatic N) is 2. The monoisotopic (exact) mass is 345 g/mol. The Morgan fingerprint density at radius 1 is 1.41 bits per heavy atom. The van der Waals surface area contributed by atoms with E-state index in [0.29, 0.717) is 6.92 Å². The van der Waals surface area contributed by atoms with Crippen LogP contribution in [0.1, 0.15) is 18.2 Å². The van der Waals surface area contributed by atoms with Crippen LogP contribution in [0.2, 0.25) is 10.0 Å². The zero-order chi connectivity index (χ0) is 16.5. The minimum atomic E-state index is -3.41. The molecule has 0 spiro atoms. The lowest BCUT2D eigenvalue weighted by atomic mass is 10.2. The van der Waals surface area contributed by atoms with Crippen molar-refractivity contribution in [3.63, 3.8) is 0 Å². The van der Waals surface area contributed by atoms with Gasteiger partial charge in [0.2, 0.25) is 5.75 Å². The third-order valence-corrected chi connectivity index (χ3v) is 3.17. The van der Waals surface area contributed by atoms with Crippen LogP contribution < -0.4 is 10.3 Å². The molecule has 2 aromatic rings. The number of hydrogen-bond acceptors (Lipinski definition) is 4. The molecule has 22 heavy (non-hydrogen) atoms. The molecule has 1 aromatic carbocycles. The van der Waals surface area contributed by atoms with Crippen LogP contribution in [0.5, 0.6) is 11.5 Å². The number of ether oxygens (including phenoxy) is 1. The summed E-state index contributed by atoms with van der Waals surface area (Å²) in [5.41, 5.74) is -1.79. The van der Waals surface area contributed by atoms with E-state index >= 15 is 0 Å². The van der Waals surface area contributed by atoms with E-state index in [1.54, 1.807) is 6.07 Å². The average molecular weight is 346 g/mol. The Labute approximate surface area is 133 Å². The topological polar surface area (TPSA) is 78.8 Å². The second-order valence-electron chi connectivity index (χ2n) is 4.28. The van der Waals surface area contributed by atoms with E-state index in [-0.39, 0.29) is 21.4 Å². The van der Waals surface area contributed by atoms with Crippen LogP contribution >= 0.6 is 23.2 Å². The van der Waals surface area contributed by atoms with E-state index in [1.165, 1.54) is 12.1 Å². The van der Waals surface area contributed by atoms with E-state index in [1.807, 2.05) is 0 Å². The van der Waals surface area contributed by atoms with Crippen LogP contribution in [0.25, 0.3) is 0 Å². The van der Waals surface area contributed by atoms with E-state index in [0.717, 1.165) is 6.33 Å². The van der Waals surface area contributed by atoms with Gasteiger partial charge in [0, 0.05) is 18.0 Å². The number of alkyl halides is 2. The SMILES string of the molecule is CC(F)(F)c1nc[nH]c(=O)c1Oc1cc(Cl)cc(C#N)c1Cl. The molecule has 0 saturated carbocycles. The van der Waals surface area contributed by atoms with Gasteiger partial charge in [0.15, 0.2) is 5.69 Å². The Balaban J connectivity index is 2.61. The number of H-pyrrole nitrogens is 1. The molecule has 114 valence electrons. The first-order valence-corrected chi connectivity index (χ1v) is 6.52. The van der Waals surface area contributed by atoms with Crippen LogP contribution in [0.4, 0.5) is 8.78 Å². The van der Waals surface area contributed by atoms with Gasteiger partial charge in [0.05, 0.1) is 11.9 Å². The fourth-order valence-electron chi connectivity index (χ4n) is 1.62. The van der Waals surface area contributed by atoms with Crippen LogP contribution in [-0.2, 0) is 5.92 Å². The predicted molar refractivity (Wildman–Crippen MR) is 75.7 cm³/mol. The number of hydrogen-bond donors (Lipinski definition) is 1.